The molecule has 0 unspecified atom stereocenters. The van der Waals surface area contributed by atoms with Crippen LogP contribution in [-0.2, 0) is 20.9 Å². The van der Waals surface area contributed by atoms with Crippen LogP contribution in [0.15, 0.2) is 53.9 Å². The molecule has 0 fully saturated rings. The summed E-state index contributed by atoms with van der Waals surface area (Å²) in [6, 6.07) is 15.0. The third-order valence-corrected chi connectivity index (χ3v) is 4.99. The summed E-state index contributed by atoms with van der Waals surface area (Å²) in [5, 5.41) is 2.30. The molecule has 3 aromatic rings. The molecule has 29 heavy (non-hydrogen) atoms. The van der Waals surface area contributed by atoms with E-state index in [1.54, 1.807) is 5.38 Å². The Labute approximate surface area is 173 Å². The van der Waals surface area contributed by atoms with Gasteiger partial charge in [0.25, 0.3) is 0 Å². The molecule has 1 amide bonds. The van der Waals surface area contributed by atoms with Gasteiger partial charge in [0, 0.05) is 12.3 Å². The lowest BCUT2D eigenvalue weighted by atomic mass is 10.1. The van der Waals surface area contributed by atoms with Crippen LogP contribution < -0.4 is 9.64 Å². The molecule has 2 aromatic carbocycles. The first-order valence-corrected chi connectivity index (χ1v) is 9.98. The summed E-state index contributed by atoms with van der Waals surface area (Å²) in [5.74, 6) is 0.0328. The standard InChI is InChI=1S/C22H22N2O4S/c1-15-9-10-20(16(2)11-15)27-13-21(26)28-12-18-14-29-22(23-18)24(17(3)25)19-7-5-4-6-8-19/h4-11,14H,12-13H2,1-3H3. The average molecular weight is 410 g/mol. The van der Waals surface area contributed by atoms with Gasteiger partial charge in [0.2, 0.25) is 5.91 Å². The van der Waals surface area contributed by atoms with Crippen LogP contribution in [0.25, 0.3) is 0 Å². The number of hydrogen-bond donors (Lipinski definition) is 0. The number of carbonyl (C=O) groups is 2. The van der Waals surface area contributed by atoms with Gasteiger partial charge in [0.1, 0.15) is 12.4 Å². The topological polar surface area (TPSA) is 68.7 Å². The number of esters is 1. The molecule has 0 bridgehead atoms. The molecule has 0 radical (unpaired) electrons. The Hall–Kier alpha value is -3.19. The molecule has 0 aliphatic heterocycles. The van der Waals surface area contributed by atoms with Crippen LogP contribution in [0.4, 0.5) is 10.8 Å². The lowest BCUT2D eigenvalue weighted by molar-refractivity contribution is -0.147. The molecule has 0 saturated heterocycles. The Bertz CT molecular complexity index is 1000. The van der Waals surface area contributed by atoms with Crippen LogP contribution in [0.2, 0.25) is 0 Å². The maximum Gasteiger partial charge on any atom is 0.344 e. The fraction of sp³-hybridized carbons (Fsp3) is 0.227. The quantitative estimate of drug-likeness (QED) is 0.534. The molecule has 0 aliphatic carbocycles. The van der Waals surface area contributed by atoms with Crippen LogP contribution in [0, 0.1) is 13.8 Å². The van der Waals surface area contributed by atoms with Crippen molar-refractivity contribution >= 4 is 34.0 Å². The third-order valence-electron chi connectivity index (χ3n) is 4.12. The Morgan fingerprint density at radius 3 is 2.55 bits per heavy atom. The average Bonchev–Trinajstić information content (AvgIpc) is 3.15. The van der Waals surface area contributed by atoms with Crippen LogP contribution in [0.1, 0.15) is 23.7 Å². The number of nitrogens with zero attached hydrogens (tertiary/aromatic N) is 2. The highest BCUT2D eigenvalue weighted by Crippen LogP contribution is 2.28. The maximum atomic E-state index is 12.1. The van der Waals surface area contributed by atoms with Crippen molar-refractivity contribution in [2.24, 2.45) is 0 Å². The van der Waals surface area contributed by atoms with Gasteiger partial charge in [0.15, 0.2) is 11.7 Å². The van der Waals surface area contributed by atoms with Gasteiger partial charge < -0.3 is 9.47 Å². The van der Waals surface area contributed by atoms with E-state index < -0.39 is 5.97 Å². The van der Waals surface area contributed by atoms with Crippen molar-refractivity contribution in [3.8, 4) is 5.75 Å². The van der Waals surface area contributed by atoms with Gasteiger partial charge in [-0.15, -0.1) is 11.3 Å². The minimum atomic E-state index is -0.481. The van der Waals surface area contributed by atoms with Crippen LogP contribution in [0.5, 0.6) is 5.75 Å². The van der Waals surface area contributed by atoms with Crippen molar-refractivity contribution in [1.29, 1.82) is 0 Å². The van der Waals surface area contributed by atoms with E-state index in [0.29, 0.717) is 16.6 Å². The van der Waals surface area contributed by atoms with Crippen molar-refractivity contribution in [2.45, 2.75) is 27.4 Å². The van der Waals surface area contributed by atoms with E-state index in [2.05, 4.69) is 4.98 Å². The van der Waals surface area contributed by atoms with Crippen molar-refractivity contribution in [1.82, 2.24) is 4.98 Å². The minimum absolute atomic E-state index is 0.0199. The Morgan fingerprint density at radius 1 is 1.10 bits per heavy atom. The normalized spacial score (nSPS) is 10.4. The maximum absolute atomic E-state index is 12.1. The van der Waals surface area contributed by atoms with Crippen LogP contribution >= 0.6 is 11.3 Å². The zero-order valence-electron chi connectivity index (χ0n) is 16.5. The molecule has 7 heteroatoms. The number of rotatable bonds is 7. The predicted molar refractivity (Wildman–Crippen MR) is 113 cm³/mol. The fourth-order valence-corrected chi connectivity index (χ4v) is 3.63. The molecule has 3 rings (SSSR count). The Morgan fingerprint density at radius 2 is 1.86 bits per heavy atom. The first kappa shape index (κ1) is 20.5. The van der Waals surface area contributed by atoms with E-state index in [1.165, 1.54) is 23.2 Å². The van der Waals surface area contributed by atoms with Gasteiger partial charge in [-0.25, -0.2) is 9.78 Å². The van der Waals surface area contributed by atoms with Gasteiger partial charge >= 0.3 is 5.97 Å². The van der Waals surface area contributed by atoms with Crippen molar-refractivity contribution in [3.63, 3.8) is 0 Å². The van der Waals surface area contributed by atoms with Gasteiger partial charge in [-0.1, -0.05) is 35.9 Å². The molecule has 150 valence electrons. The van der Waals surface area contributed by atoms with Crippen molar-refractivity contribution in [2.75, 3.05) is 11.5 Å². The first-order valence-electron chi connectivity index (χ1n) is 9.10. The van der Waals surface area contributed by atoms with E-state index in [-0.39, 0.29) is 19.1 Å². The largest absolute Gasteiger partial charge is 0.482 e. The zero-order chi connectivity index (χ0) is 20.8. The van der Waals surface area contributed by atoms with Crippen LogP contribution in [0.3, 0.4) is 0 Å². The number of amides is 1. The van der Waals surface area contributed by atoms with E-state index in [0.717, 1.165) is 16.8 Å². The van der Waals surface area contributed by atoms with Crippen molar-refractivity contribution < 1.29 is 19.1 Å². The number of hydrogen-bond acceptors (Lipinski definition) is 6. The number of ether oxygens (including phenoxy) is 2. The molecule has 0 aliphatic rings. The van der Waals surface area contributed by atoms with Crippen molar-refractivity contribution in [3.05, 3.63) is 70.7 Å². The molecule has 1 aromatic heterocycles. The second kappa shape index (κ2) is 9.34. The number of thiazole rings is 1. The lowest BCUT2D eigenvalue weighted by Gasteiger charge is -2.17. The number of carbonyl (C=O) groups excluding carboxylic acids is 2. The summed E-state index contributed by atoms with van der Waals surface area (Å²) >= 11 is 1.32. The monoisotopic (exact) mass is 410 g/mol. The molecular weight excluding hydrogens is 388 g/mol. The highest BCUT2D eigenvalue weighted by atomic mass is 32.1. The van der Waals surface area contributed by atoms with Crippen LogP contribution in [-0.4, -0.2) is 23.5 Å². The Kier molecular flexibility index (Phi) is 6.61. The molecule has 1 heterocycles. The molecule has 0 saturated carbocycles. The molecule has 0 N–H and O–H groups in total. The molecule has 0 spiro atoms. The summed E-state index contributed by atoms with van der Waals surface area (Å²) in [6.45, 7) is 5.26. The highest BCUT2D eigenvalue weighted by molar-refractivity contribution is 7.14. The van der Waals surface area contributed by atoms with E-state index in [4.69, 9.17) is 9.47 Å². The molecule has 6 nitrogen and oxygen atoms in total. The number of benzene rings is 2. The summed E-state index contributed by atoms with van der Waals surface area (Å²) < 4.78 is 10.8. The molecule has 0 atom stereocenters. The minimum Gasteiger partial charge on any atom is -0.482 e. The van der Waals surface area contributed by atoms with Gasteiger partial charge in [-0.05, 0) is 37.6 Å². The van der Waals surface area contributed by atoms with E-state index >= 15 is 0 Å². The van der Waals surface area contributed by atoms with E-state index in [1.807, 2.05) is 62.4 Å². The summed E-state index contributed by atoms with van der Waals surface area (Å²) in [7, 11) is 0. The lowest BCUT2D eigenvalue weighted by Crippen LogP contribution is -2.22. The third kappa shape index (κ3) is 5.42. The zero-order valence-corrected chi connectivity index (χ0v) is 17.4. The first-order chi connectivity index (χ1) is 13.9. The van der Waals surface area contributed by atoms with Gasteiger partial charge in [0.05, 0.1) is 11.4 Å². The number of anilines is 2. The highest BCUT2D eigenvalue weighted by Gasteiger charge is 2.18. The summed E-state index contributed by atoms with van der Waals surface area (Å²) in [4.78, 5) is 30.0. The SMILES string of the molecule is CC(=O)N(c1ccccc1)c1nc(COC(=O)COc2ccc(C)cc2C)cs1. The smallest absolute Gasteiger partial charge is 0.344 e. The van der Waals surface area contributed by atoms with Gasteiger partial charge in [-0.2, -0.15) is 0 Å². The van der Waals surface area contributed by atoms with Gasteiger partial charge in [-0.3, -0.25) is 9.69 Å². The second-order valence-corrected chi connectivity index (χ2v) is 7.37. The summed E-state index contributed by atoms with van der Waals surface area (Å²) in [5.41, 5.74) is 3.41. The number of para-hydroxylation sites is 1. The second-order valence-electron chi connectivity index (χ2n) is 6.53. The fourth-order valence-electron chi connectivity index (χ4n) is 2.76. The molecular formula is C22H22N2O4S. The summed E-state index contributed by atoms with van der Waals surface area (Å²) in [6.07, 6.45) is 0. The number of aryl methyl sites for hydroxylation is 2. The number of aromatic nitrogens is 1. The van der Waals surface area contributed by atoms with E-state index in [9.17, 15) is 9.59 Å². The predicted octanol–water partition coefficient (Wildman–Crippen LogP) is 4.57. The Balaban J connectivity index is 1.57.